The van der Waals surface area contributed by atoms with Crippen LogP contribution in [-0.4, -0.2) is 45.6 Å². The normalized spacial score (nSPS) is 14.1. The van der Waals surface area contributed by atoms with E-state index in [0.29, 0.717) is 17.9 Å². The second kappa shape index (κ2) is 8.90. The molecule has 1 heterocycles. The Balaban J connectivity index is 1.91. The molecule has 182 valence electrons. The van der Waals surface area contributed by atoms with Crippen LogP contribution in [0.2, 0.25) is 0 Å². The van der Waals surface area contributed by atoms with Crippen LogP contribution in [0.25, 0.3) is 16.8 Å². The summed E-state index contributed by atoms with van der Waals surface area (Å²) in [4.78, 5) is 37.6. The van der Waals surface area contributed by atoms with Gasteiger partial charge in [0.1, 0.15) is 5.75 Å². The molecule has 1 aliphatic rings. The molecule has 9 heteroatoms. The molecule has 35 heavy (non-hydrogen) atoms. The van der Waals surface area contributed by atoms with Crippen molar-refractivity contribution in [2.75, 3.05) is 14.2 Å². The third-order valence-electron chi connectivity index (χ3n) is 6.09. The van der Waals surface area contributed by atoms with Crippen LogP contribution in [0.4, 0.5) is 4.79 Å². The number of benzene rings is 2. The van der Waals surface area contributed by atoms with Gasteiger partial charge in [0.2, 0.25) is 0 Å². The molecule has 0 atom stereocenters. The molecule has 0 unspecified atom stereocenters. The van der Waals surface area contributed by atoms with Crippen LogP contribution < -0.4 is 16.0 Å². The Labute approximate surface area is 202 Å². The zero-order chi connectivity index (χ0) is 25.5. The van der Waals surface area contributed by atoms with E-state index in [9.17, 15) is 14.4 Å². The van der Waals surface area contributed by atoms with Crippen molar-refractivity contribution in [3.63, 3.8) is 0 Å². The van der Waals surface area contributed by atoms with E-state index in [1.807, 2.05) is 24.3 Å². The van der Waals surface area contributed by atoms with Gasteiger partial charge in [-0.05, 0) is 41.5 Å². The maximum Gasteiger partial charge on any atom is 0.427 e. The topological polar surface area (TPSA) is 117 Å². The minimum absolute atomic E-state index is 0.292. The van der Waals surface area contributed by atoms with Gasteiger partial charge in [0.05, 0.1) is 18.5 Å². The summed E-state index contributed by atoms with van der Waals surface area (Å²) < 4.78 is 7.28. The van der Waals surface area contributed by atoms with Crippen LogP contribution in [0.15, 0.2) is 57.3 Å². The molecule has 1 aliphatic carbocycles. The maximum atomic E-state index is 12.5. The van der Waals surface area contributed by atoms with E-state index >= 15 is 0 Å². The number of aromatic amines is 1. The van der Waals surface area contributed by atoms with Gasteiger partial charge in [-0.1, -0.05) is 39.0 Å². The first-order valence-electron chi connectivity index (χ1n) is 11.2. The summed E-state index contributed by atoms with van der Waals surface area (Å²) in [5.41, 5.74) is 4.67. The first kappa shape index (κ1) is 24.0. The summed E-state index contributed by atoms with van der Waals surface area (Å²) in [6, 6.07) is 11.0. The highest BCUT2D eigenvalue weighted by Gasteiger charge is 2.25. The lowest BCUT2D eigenvalue weighted by molar-refractivity contribution is 0.157. The van der Waals surface area contributed by atoms with Gasteiger partial charge in [0.15, 0.2) is 0 Å². The number of methoxy groups -OCH3 is 1. The molecule has 2 aromatic carbocycles. The van der Waals surface area contributed by atoms with Crippen molar-refractivity contribution in [1.29, 1.82) is 0 Å². The largest absolute Gasteiger partial charge is 0.496 e. The van der Waals surface area contributed by atoms with Crippen molar-refractivity contribution >= 4 is 11.8 Å². The monoisotopic (exact) mass is 476 g/mol. The van der Waals surface area contributed by atoms with Crippen molar-refractivity contribution < 1.29 is 14.6 Å². The average molecular weight is 477 g/mol. The Bertz CT molecular complexity index is 1460. The number of H-pyrrole nitrogens is 1. The first-order chi connectivity index (χ1) is 16.5. The SMILES string of the molecule is COc1c(-c2ccc3c(c2)CC/C3=N\N(C)C(=O)O)cc(-n2ccc(=O)[nH]c2=O)cc1C(C)(C)C. The number of nitrogens with zero attached hydrogens (tertiary/aromatic N) is 3. The van der Waals surface area contributed by atoms with E-state index in [-0.39, 0.29) is 5.41 Å². The molecule has 2 N–H and O–H groups in total. The zero-order valence-electron chi connectivity index (χ0n) is 20.4. The smallest absolute Gasteiger partial charge is 0.427 e. The van der Waals surface area contributed by atoms with Gasteiger partial charge in [0.25, 0.3) is 5.56 Å². The van der Waals surface area contributed by atoms with Gasteiger partial charge in [0, 0.05) is 36.0 Å². The van der Waals surface area contributed by atoms with Crippen LogP contribution in [-0.2, 0) is 11.8 Å². The van der Waals surface area contributed by atoms with Crippen molar-refractivity contribution in [3.05, 3.63) is 80.1 Å². The number of carbonyl (C=O) groups is 1. The molecular weight excluding hydrogens is 448 g/mol. The quantitative estimate of drug-likeness (QED) is 0.556. The molecule has 4 rings (SSSR count). The van der Waals surface area contributed by atoms with Gasteiger partial charge in [-0.25, -0.2) is 14.6 Å². The Morgan fingerprint density at radius 2 is 1.86 bits per heavy atom. The molecule has 0 spiro atoms. The minimum atomic E-state index is -1.11. The highest BCUT2D eigenvalue weighted by molar-refractivity contribution is 6.05. The third kappa shape index (κ3) is 4.62. The van der Waals surface area contributed by atoms with Crippen LogP contribution in [0.5, 0.6) is 5.75 Å². The molecular formula is C26H28N4O5. The number of aromatic nitrogens is 2. The van der Waals surface area contributed by atoms with E-state index in [0.717, 1.165) is 45.0 Å². The summed E-state index contributed by atoms with van der Waals surface area (Å²) in [7, 11) is 3.03. The van der Waals surface area contributed by atoms with Crippen molar-refractivity contribution in [2.45, 2.75) is 39.0 Å². The van der Waals surface area contributed by atoms with Crippen LogP contribution >= 0.6 is 0 Å². The predicted molar refractivity (Wildman–Crippen MR) is 134 cm³/mol. The van der Waals surface area contributed by atoms with Gasteiger partial charge in [-0.15, -0.1) is 0 Å². The van der Waals surface area contributed by atoms with Gasteiger partial charge >= 0.3 is 11.8 Å². The molecule has 1 aromatic heterocycles. The fourth-order valence-electron chi connectivity index (χ4n) is 4.33. The number of nitrogens with one attached hydrogen (secondary N) is 1. The number of carboxylic acid groups (broad SMARTS) is 1. The van der Waals surface area contributed by atoms with Gasteiger partial charge in [-0.2, -0.15) is 5.10 Å². The second-order valence-electron chi connectivity index (χ2n) is 9.53. The molecule has 0 radical (unpaired) electrons. The standard InChI is InChI=1S/C26H28N4O5/c1-26(2,3)20-14-17(30-11-10-22(31)27-24(30)32)13-19(23(20)35-5)16-6-8-18-15(12-16)7-9-21(18)28-29(4)25(33)34/h6,8,10-14H,7,9H2,1-5H3,(H,33,34)(H,27,31,32)/b28-21+. The van der Waals surface area contributed by atoms with Gasteiger partial charge in [-0.3, -0.25) is 14.3 Å². The lowest BCUT2D eigenvalue weighted by atomic mass is 9.83. The first-order valence-corrected chi connectivity index (χ1v) is 11.2. The van der Waals surface area contributed by atoms with Crippen molar-refractivity contribution in [2.24, 2.45) is 5.10 Å². The Kier molecular flexibility index (Phi) is 6.10. The highest BCUT2D eigenvalue weighted by Crippen LogP contribution is 2.42. The molecule has 9 nitrogen and oxygen atoms in total. The lowest BCUT2D eigenvalue weighted by Gasteiger charge is -2.26. The van der Waals surface area contributed by atoms with Crippen LogP contribution in [0.3, 0.4) is 0 Å². The fourth-order valence-corrected chi connectivity index (χ4v) is 4.33. The zero-order valence-corrected chi connectivity index (χ0v) is 20.4. The van der Waals surface area contributed by atoms with E-state index in [1.165, 1.54) is 23.9 Å². The number of ether oxygens (including phenoxy) is 1. The molecule has 3 aromatic rings. The Morgan fingerprint density at radius 1 is 1.11 bits per heavy atom. The summed E-state index contributed by atoms with van der Waals surface area (Å²) in [6.45, 7) is 6.20. The average Bonchev–Trinajstić information content (AvgIpc) is 3.19. The van der Waals surface area contributed by atoms with E-state index in [4.69, 9.17) is 9.84 Å². The van der Waals surface area contributed by atoms with Gasteiger partial charge < -0.3 is 9.84 Å². The Hall–Kier alpha value is -4.14. The van der Waals surface area contributed by atoms with Crippen molar-refractivity contribution in [3.8, 4) is 22.6 Å². The molecule has 0 aliphatic heterocycles. The Morgan fingerprint density at radius 3 is 2.49 bits per heavy atom. The van der Waals surface area contributed by atoms with Crippen molar-refractivity contribution in [1.82, 2.24) is 14.6 Å². The number of amides is 1. The predicted octanol–water partition coefficient (Wildman–Crippen LogP) is 3.76. The molecule has 0 fully saturated rings. The number of rotatable bonds is 4. The molecule has 0 bridgehead atoms. The number of aryl methyl sites for hydroxylation is 1. The third-order valence-corrected chi connectivity index (χ3v) is 6.09. The molecule has 1 amide bonds. The van der Waals surface area contributed by atoms with E-state index in [2.05, 4.69) is 36.9 Å². The number of fused-ring (bicyclic) bond motifs is 1. The summed E-state index contributed by atoms with van der Waals surface area (Å²) >= 11 is 0. The minimum Gasteiger partial charge on any atom is -0.496 e. The summed E-state index contributed by atoms with van der Waals surface area (Å²) in [6.07, 6.45) is 1.73. The lowest BCUT2D eigenvalue weighted by Crippen LogP contribution is -2.27. The molecule has 0 saturated heterocycles. The number of hydrazone groups is 1. The van der Waals surface area contributed by atoms with Crippen LogP contribution in [0, 0.1) is 0 Å². The summed E-state index contributed by atoms with van der Waals surface area (Å²) in [5, 5.41) is 14.3. The fraction of sp³-hybridized carbons (Fsp3) is 0.308. The van der Waals surface area contributed by atoms with E-state index in [1.54, 1.807) is 7.11 Å². The number of hydrogen-bond acceptors (Lipinski definition) is 5. The second-order valence-corrected chi connectivity index (χ2v) is 9.53. The van der Waals surface area contributed by atoms with Crippen LogP contribution in [0.1, 0.15) is 43.9 Å². The number of hydrogen-bond donors (Lipinski definition) is 2. The maximum absolute atomic E-state index is 12.5. The van der Waals surface area contributed by atoms with E-state index < -0.39 is 17.3 Å². The molecule has 0 saturated carbocycles. The highest BCUT2D eigenvalue weighted by atomic mass is 16.5. The summed E-state index contributed by atoms with van der Waals surface area (Å²) in [5.74, 6) is 0.705.